The highest BCUT2D eigenvalue weighted by atomic mass is 35.5. The maximum atomic E-state index is 12.2. The van der Waals surface area contributed by atoms with Gasteiger partial charge < -0.3 is 9.88 Å². The summed E-state index contributed by atoms with van der Waals surface area (Å²) in [5.74, 6) is 1.05. The van der Waals surface area contributed by atoms with Crippen LogP contribution in [-0.4, -0.2) is 33.0 Å². The molecule has 1 aromatic heterocycles. The van der Waals surface area contributed by atoms with Crippen molar-refractivity contribution in [3.05, 3.63) is 75.5 Å². The van der Waals surface area contributed by atoms with E-state index in [0.717, 1.165) is 22.1 Å². The van der Waals surface area contributed by atoms with E-state index in [2.05, 4.69) is 27.6 Å². The molecular weight excluding hydrogens is 415 g/mol. The summed E-state index contributed by atoms with van der Waals surface area (Å²) in [5.41, 5.74) is 2.15. The number of carbonyl (C=O) groups excluding carboxylic acids is 1. The number of nitrogens with one attached hydrogen (secondary N) is 1. The van der Waals surface area contributed by atoms with Gasteiger partial charge in [-0.1, -0.05) is 65.3 Å². The number of nitrogens with zero attached hydrogens (tertiary/aromatic N) is 3. The Labute approximate surface area is 178 Å². The molecule has 0 aliphatic rings. The lowest BCUT2D eigenvalue weighted by atomic mass is 10.1. The van der Waals surface area contributed by atoms with Crippen molar-refractivity contribution in [3.63, 3.8) is 0 Å². The number of aromatic nitrogens is 3. The summed E-state index contributed by atoms with van der Waals surface area (Å²) in [5, 5.41) is 13.2. The van der Waals surface area contributed by atoms with Crippen LogP contribution in [0.15, 0.2) is 53.7 Å². The van der Waals surface area contributed by atoms with E-state index in [4.69, 9.17) is 23.2 Å². The highest BCUT2D eigenvalue weighted by molar-refractivity contribution is 7.99. The van der Waals surface area contributed by atoms with E-state index in [1.54, 1.807) is 6.07 Å². The van der Waals surface area contributed by atoms with E-state index in [1.165, 1.54) is 11.8 Å². The van der Waals surface area contributed by atoms with Crippen molar-refractivity contribution in [2.24, 2.45) is 0 Å². The second-order valence-corrected chi connectivity index (χ2v) is 8.08. The summed E-state index contributed by atoms with van der Waals surface area (Å²) < 4.78 is 2.02. The zero-order chi connectivity index (χ0) is 19.9. The van der Waals surface area contributed by atoms with Crippen molar-refractivity contribution in [1.29, 1.82) is 0 Å². The van der Waals surface area contributed by atoms with Gasteiger partial charge in [0, 0.05) is 16.6 Å². The molecule has 1 N–H and O–H groups in total. The van der Waals surface area contributed by atoms with Gasteiger partial charge in [0.05, 0.1) is 12.3 Å². The summed E-state index contributed by atoms with van der Waals surface area (Å²) in [4.78, 5) is 12.2. The Hall–Kier alpha value is -2.02. The fraction of sp³-hybridized carbons (Fsp3) is 0.250. The van der Waals surface area contributed by atoms with Crippen molar-refractivity contribution >= 4 is 40.9 Å². The van der Waals surface area contributed by atoms with Gasteiger partial charge in [-0.25, -0.2) is 0 Å². The molecule has 0 unspecified atom stereocenters. The number of rotatable bonds is 8. The summed E-state index contributed by atoms with van der Waals surface area (Å²) in [7, 11) is 0. The molecule has 1 heterocycles. The molecule has 0 saturated carbocycles. The molecule has 1 amide bonds. The van der Waals surface area contributed by atoms with Crippen molar-refractivity contribution in [2.75, 3.05) is 12.3 Å². The predicted octanol–water partition coefficient (Wildman–Crippen LogP) is 4.39. The van der Waals surface area contributed by atoms with E-state index < -0.39 is 0 Å². The van der Waals surface area contributed by atoms with Crippen LogP contribution in [0.2, 0.25) is 10.0 Å². The van der Waals surface area contributed by atoms with Gasteiger partial charge in [0.15, 0.2) is 5.16 Å². The normalized spacial score (nSPS) is 10.8. The third kappa shape index (κ3) is 5.99. The Kier molecular flexibility index (Phi) is 7.36. The molecule has 5 nitrogen and oxygen atoms in total. The van der Waals surface area contributed by atoms with Crippen LogP contribution in [0.3, 0.4) is 0 Å². The van der Waals surface area contributed by atoms with Gasteiger partial charge in [0.1, 0.15) is 5.82 Å². The van der Waals surface area contributed by atoms with Gasteiger partial charge in [0.25, 0.3) is 0 Å². The minimum atomic E-state index is -0.0509. The van der Waals surface area contributed by atoms with Crippen LogP contribution in [0.25, 0.3) is 0 Å². The van der Waals surface area contributed by atoms with E-state index in [1.807, 2.05) is 41.8 Å². The van der Waals surface area contributed by atoms with E-state index in [-0.39, 0.29) is 11.7 Å². The van der Waals surface area contributed by atoms with Crippen molar-refractivity contribution < 1.29 is 4.79 Å². The molecule has 0 aliphatic heterocycles. The van der Waals surface area contributed by atoms with Gasteiger partial charge in [0.2, 0.25) is 5.91 Å². The molecule has 8 heteroatoms. The van der Waals surface area contributed by atoms with Crippen LogP contribution in [0, 0.1) is 6.92 Å². The maximum absolute atomic E-state index is 12.2. The smallest absolute Gasteiger partial charge is 0.230 e. The first kappa shape index (κ1) is 20.7. The zero-order valence-electron chi connectivity index (χ0n) is 15.4. The monoisotopic (exact) mass is 434 g/mol. The first-order valence-corrected chi connectivity index (χ1v) is 10.5. The zero-order valence-corrected chi connectivity index (χ0v) is 17.7. The van der Waals surface area contributed by atoms with Gasteiger partial charge in [-0.3, -0.25) is 4.79 Å². The Morgan fingerprint density at radius 3 is 2.50 bits per heavy atom. The van der Waals surface area contributed by atoms with Crippen LogP contribution in [0.4, 0.5) is 0 Å². The lowest BCUT2D eigenvalue weighted by Gasteiger charge is -2.09. The van der Waals surface area contributed by atoms with Crippen LogP contribution in [-0.2, 0) is 17.8 Å². The molecule has 3 rings (SSSR count). The third-order valence-corrected chi connectivity index (χ3v) is 5.48. The Morgan fingerprint density at radius 2 is 1.79 bits per heavy atom. The summed E-state index contributed by atoms with van der Waals surface area (Å²) in [6, 6.07) is 15.5. The Bertz CT molecular complexity index is 926. The van der Waals surface area contributed by atoms with Crippen LogP contribution < -0.4 is 5.32 Å². The van der Waals surface area contributed by atoms with Crippen LogP contribution in [0.1, 0.15) is 17.0 Å². The van der Waals surface area contributed by atoms with Gasteiger partial charge in [-0.15, -0.1) is 10.2 Å². The molecule has 0 bridgehead atoms. The number of hydrogen-bond acceptors (Lipinski definition) is 4. The molecule has 0 saturated heterocycles. The fourth-order valence-electron chi connectivity index (χ4n) is 2.70. The number of hydrogen-bond donors (Lipinski definition) is 1. The SMILES string of the molecule is Cc1nnc(SCC(=O)NCCc2cc(Cl)cc(Cl)c2)n1Cc1ccccc1. The lowest BCUT2D eigenvalue weighted by molar-refractivity contribution is -0.118. The maximum Gasteiger partial charge on any atom is 0.230 e. The molecule has 0 spiro atoms. The second-order valence-electron chi connectivity index (χ2n) is 6.27. The molecule has 0 aliphatic carbocycles. The Balaban J connectivity index is 1.49. The number of benzene rings is 2. The predicted molar refractivity (Wildman–Crippen MR) is 114 cm³/mol. The average molecular weight is 435 g/mol. The standard InChI is InChI=1S/C20H20Cl2N4OS/c1-14-24-25-20(26(14)12-15-5-3-2-4-6-15)28-13-19(27)23-8-7-16-9-17(21)11-18(22)10-16/h2-6,9-11H,7-8,12-13H2,1H3,(H,23,27). The minimum absolute atomic E-state index is 0.0509. The number of thioether (sulfide) groups is 1. The fourth-order valence-corrected chi connectivity index (χ4v) is 4.08. The highest BCUT2D eigenvalue weighted by Gasteiger charge is 2.12. The van der Waals surface area contributed by atoms with Crippen molar-refractivity contribution in [1.82, 2.24) is 20.1 Å². The third-order valence-electron chi connectivity index (χ3n) is 4.08. The van der Waals surface area contributed by atoms with E-state index in [0.29, 0.717) is 29.6 Å². The topological polar surface area (TPSA) is 59.8 Å². The summed E-state index contributed by atoms with van der Waals surface area (Å²) in [6.45, 7) is 3.11. The average Bonchev–Trinajstić information content (AvgIpc) is 3.00. The van der Waals surface area contributed by atoms with Crippen molar-refractivity contribution in [3.8, 4) is 0 Å². The lowest BCUT2D eigenvalue weighted by Crippen LogP contribution is -2.27. The molecule has 28 heavy (non-hydrogen) atoms. The number of amides is 1. The molecule has 2 aromatic carbocycles. The minimum Gasteiger partial charge on any atom is -0.355 e. The Morgan fingerprint density at radius 1 is 1.07 bits per heavy atom. The van der Waals surface area contributed by atoms with E-state index >= 15 is 0 Å². The van der Waals surface area contributed by atoms with Gasteiger partial charge in [-0.05, 0) is 42.7 Å². The van der Waals surface area contributed by atoms with Crippen molar-refractivity contribution in [2.45, 2.75) is 25.0 Å². The summed E-state index contributed by atoms with van der Waals surface area (Å²) in [6.07, 6.45) is 0.667. The van der Waals surface area contributed by atoms with E-state index in [9.17, 15) is 4.79 Å². The molecule has 146 valence electrons. The second kappa shape index (κ2) is 9.96. The number of halogens is 2. The van der Waals surface area contributed by atoms with Crippen LogP contribution in [0.5, 0.6) is 0 Å². The first-order valence-electron chi connectivity index (χ1n) is 8.79. The number of carbonyl (C=O) groups is 1. The summed E-state index contributed by atoms with van der Waals surface area (Å²) >= 11 is 13.4. The molecule has 0 radical (unpaired) electrons. The van der Waals surface area contributed by atoms with Gasteiger partial charge in [-0.2, -0.15) is 0 Å². The first-order chi connectivity index (χ1) is 13.5. The molecular formula is C20H20Cl2N4OS. The molecule has 3 aromatic rings. The highest BCUT2D eigenvalue weighted by Crippen LogP contribution is 2.20. The largest absolute Gasteiger partial charge is 0.355 e. The number of aryl methyl sites for hydroxylation is 1. The molecule has 0 atom stereocenters. The van der Waals surface area contributed by atoms with Gasteiger partial charge >= 0.3 is 0 Å². The quantitative estimate of drug-likeness (QED) is 0.533. The molecule has 0 fully saturated rings. The van der Waals surface area contributed by atoms with Crippen LogP contribution >= 0.6 is 35.0 Å².